The number of nitrogens with one attached hydrogen (secondary N) is 1. The maximum Gasteiger partial charge on any atom is 0.272 e. The van der Waals surface area contributed by atoms with Crippen molar-refractivity contribution in [1.82, 2.24) is 10.3 Å². The molecule has 1 aliphatic rings. The van der Waals surface area contributed by atoms with Gasteiger partial charge in [0.1, 0.15) is 0 Å². The topological polar surface area (TPSA) is 34.1 Å². The molecule has 0 spiro atoms. The average Bonchev–Trinajstić information content (AvgIpc) is 3.18. The third-order valence-corrected chi connectivity index (χ3v) is 2.95. The molecule has 106 valence electrons. The Balaban J connectivity index is 2.01. The number of hydrogen-bond acceptors (Lipinski definition) is 3. The molecule has 0 amide bonds. The predicted molar refractivity (Wildman–Crippen MR) is 69.6 cm³/mol. The predicted octanol–water partition coefficient (Wildman–Crippen LogP) is 2.93. The van der Waals surface area contributed by atoms with Gasteiger partial charge in [0.2, 0.25) is 5.88 Å². The van der Waals surface area contributed by atoms with Crippen molar-refractivity contribution in [3.05, 3.63) is 23.4 Å². The molecule has 1 saturated carbocycles. The van der Waals surface area contributed by atoms with E-state index in [1.54, 1.807) is 6.07 Å². The van der Waals surface area contributed by atoms with Gasteiger partial charge in [0.25, 0.3) is 6.43 Å². The molecule has 19 heavy (non-hydrogen) atoms. The molecule has 5 heteroatoms. The lowest BCUT2D eigenvalue weighted by Gasteiger charge is -2.10. The number of hydrogen-bond donors (Lipinski definition) is 1. The summed E-state index contributed by atoms with van der Waals surface area (Å²) in [4.78, 5) is 4.25. The number of pyridine rings is 1. The fraction of sp³-hybridized carbons (Fsp3) is 0.643. The summed E-state index contributed by atoms with van der Waals surface area (Å²) in [5.41, 5.74) is 1.96. The molecule has 0 bridgehead atoms. The van der Waals surface area contributed by atoms with E-state index in [9.17, 15) is 8.78 Å². The minimum Gasteiger partial charge on any atom is -0.472 e. The first kappa shape index (κ1) is 14.2. The quantitative estimate of drug-likeness (QED) is 0.788. The maximum atomic E-state index is 12.2. The van der Waals surface area contributed by atoms with Crippen molar-refractivity contribution >= 4 is 0 Å². The van der Waals surface area contributed by atoms with E-state index in [2.05, 4.69) is 17.2 Å². The Bertz CT molecular complexity index is 384. The van der Waals surface area contributed by atoms with E-state index < -0.39 is 13.0 Å². The zero-order valence-electron chi connectivity index (χ0n) is 11.2. The second-order valence-electron chi connectivity index (χ2n) is 4.91. The molecule has 0 radical (unpaired) electrons. The van der Waals surface area contributed by atoms with Crippen LogP contribution in [-0.4, -0.2) is 24.1 Å². The monoisotopic (exact) mass is 270 g/mol. The Morgan fingerprint density at radius 1 is 1.42 bits per heavy atom. The highest BCUT2D eigenvalue weighted by atomic mass is 19.3. The lowest BCUT2D eigenvalue weighted by atomic mass is 10.1. The van der Waals surface area contributed by atoms with Crippen molar-refractivity contribution in [3.63, 3.8) is 0 Å². The fourth-order valence-corrected chi connectivity index (χ4v) is 1.88. The van der Waals surface area contributed by atoms with Crippen LogP contribution in [0.2, 0.25) is 0 Å². The van der Waals surface area contributed by atoms with E-state index in [1.165, 1.54) is 12.8 Å². The summed E-state index contributed by atoms with van der Waals surface area (Å²) in [7, 11) is 0. The summed E-state index contributed by atoms with van der Waals surface area (Å²) in [6, 6.07) is 4.39. The molecule has 1 aromatic rings. The molecule has 3 nitrogen and oxygen atoms in total. The lowest BCUT2D eigenvalue weighted by molar-refractivity contribution is 0.0794. The van der Waals surface area contributed by atoms with Crippen LogP contribution in [0.15, 0.2) is 12.1 Å². The van der Waals surface area contributed by atoms with Gasteiger partial charge < -0.3 is 10.1 Å². The zero-order chi connectivity index (χ0) is 13.7. The minimum atomic E-state index is -2.47. The second-order valence-corrected chi connectivity index (χ2v) is 4.91. The minimum absolute atomic E-state index is 0.304. The number of aromatic nitrogens is 1. The zero-order valence-corrected chi connectivity index (χ0v) is 11.2. The van der Waals surface area contributed by atoms with Crippen LogP contribution in [-0.2, 0) is 13.0 Å². The van der Waals surface area contributed by atoms with E-state index in [0.29, 0.717) is 11.9 Å². The number of ether oxygens (including phenoxy) is 1. The Kier molecular flexibility index (Phi) is 5.07. The third kappa shape index (κ3) is 5.11. The summed E-state index contributed by atoms with van der Waals surface area (Å²) in [5, 5.41) is 3.40. The summed E-state index contributed by atoms with van der Waals surface area (Å²) in [6.45, 7) is 2.21. The summed E-state index contributed by atoms with van der Waals surface area (Å²) in [5.74, 6) is 0.304. The summed E-state index contributed by atoms with van der Waals surface area (Å²) < 4.78 is 29.4. The van der Waals surface area contributed by atoms with Gasteiger partial charge in [0, 0.05) is 24.3 Å². The molecule has 0 aliphatic heterocycles. The first-order valence-corrected chi connectivity index (χ1v) is 6.81. The largest absolute Gasteiger partial charge is 0.472 e. The van der Waals surface area contributed by atoms with Crippen LogP contribution in [0.1, 0.15) is 37.4 Å². The van der Waals surface area contributed by atoms with E-state index in [-0.39, 0.29) is 0 Å². The van der Waals surface area contributed by atoms with Gasteiger partial charge in [0.05, 0.1) is 0 Å². The second kappa shape index (κ2) is 6.80. The van der Waals surface area contributed by atoms with Crippen molar-refractivity contribution in [2.45, 2.75) is 51.6 Å². The lowest BCUT2D eigenvalue weighted by Crippen LogP contribution is -2.16. The number of nitrogens with zero attached hydrogens (tertiary/aromatic N) is 1. The Labute approximate surface area is 112 Å². The third-order valence-electron chi connectivity index (χ3n) is 2.95. The fourth-order valence-electron chi connectivity index (χ4n) is 1.88. The van der Waals surface area contributed by atoms with Gasteiger partial charge in [-0.25, -0.2) is 13.8 Å². The molecule has 0 aromatic carbocycles. The molecule has 0 atom stereocenters. The Morgan fingerprint density at radius 3 is 2.84 bits per heavy atom. The van der Waals surface area contributed by atoms with Crippen LogP contribution >= 0.6 is 0 Å². The molecule has 1 aromatic heterocycles. The molecule has 2 rings (SSSR count). The van der Waals surface area contributed by atoms with Gasteiger partial charge in [0.15, 0.2) is 6.61 Å². The molecule has 1 heterocycles. The van der Waals surface area contributed by atoms with Gasteiger partial charge in [-0.3, -0.25) is 0 Å². The van der Waals surface area contributed by atoms with Crippen LogP contribution in [0.3, 0.4) is 0 Å². The molecule has 1 aliphatic carbocycles. The first-order chi connectivity index (χ1) is 9.17. The normalized spacial score (nSPS) is 14.9. The van der Waals surface area contributed by atoms with Crippen LogP contribution < -0.4 is 10.1 Å². The molecule has 1 fully saturated rings. The Morgan fingerprint density at radius 2 is 2.21 bits per heavy atom. The van der Waals surface area contributed by atoms with Crippen molar-refractivity contribution < 1.29 is 13.5 Å². The van der Waals surface area contributed by atoms with E-state index >= 15 is 0 Å². The SMILES string of the molecule is CCCc1cc(CNC2CC2)cc(OCC(F)F)n1. The highest BCUT2D eigenvalue weighted by Crippen LogP contribution is 2.20. The number of rotatable bonds is 8. The van der Waals surface area contributed by atoms with E-state index in [4.69, 9.17) is 4.74 Å². The van der Waals surface area contributed by atoms with Crippen LogP contribution in [0.4, 0.5) is 8.78 Å². The number of aryl methyl sites for hydroxylation is 1. The number of halogens is 2. The van der Waals surface area contributed by atoms with Gasteiger partial charge in [-0.15, -0.1) is 0 Å². The van der Waals surface area contributed by atoms with E-state index in [1.807, 2.05) is 6.07 Å². The number of alkyl halides is 2. The van der Waals surface area contributed by atoms with Gasteiger partial charge >= 0.3 is 0 Å². The van der Waals surface area contributed by atoms with Crippen LogP contribution in [0, 0.1) is 0 Å². The maximum absolute atomic E-state index is 12.2. The van der Waals surface area contributed by atoms with Crippen molar-refractivity contribution in [2.75, 3.05) is 6.61 Å². The first-order valence-electron chi connectivity index (χ1n) is 6.81. The summed E-state index contributed by atoms with van der Waals surface area (Å²) in [6.07, 6.45) is 1.79. The Hall–Kier alpha value is -1.23. The average molecular weight is 270 g/mol. The van der Waals surface area contributed by atoms with Crippen molar-refractivity contribution in [1.29, 1.82) is 0 Å². The highest BCUT2D eigenvalue weighted by molar-refractivity contribution is 5.25. The van der Waals surface area contributed by atoms with Crippen molar-refractivity contribution in [3.8, 4) is 5.88 Å². The van der Waals surface area contributed by atoms with Crippen molar-refractivity contribution in [2.24, 2.45) is 0 Å². The van der Waals surface area contributed by atoms with Gasteiger partial charge in [-0.05, 0) is 30.9 Å². The molecular weight excluding hydrogens is 250 g/mol. The van der Waals surface area contributed by atoms with Gasteiger partial charge in [-0.2, -0.15) is 0 Å². The molecule has 0 saturated heterocycles. The molecule has 0 unspecified atom stereocenters. The standard InChI is InChI=1S/C14H20F2N2O/c1-2-3-12-6-10(8-17-11-4-5-11)7-14(18-12)19-9-13(15)16/h6-7,11,13,17H,2-5,8-9H2,1H3. The molecular formula is C14H20F2N2O. The molecule has 1 N–H and O–H groups in total. The van der Waals surface area contributed by atoms with Crippen LogP contribution in [0.25, 0.3) is 0 Å². The van der Waals surface area contributed by atoms with E-state index in [0.717, 1.165) is 30.6 Å². The van der Waals surface area contributed by atoms with Gasteiger partial charge in [-0.1, -0.05) is 13.3 Å². The van der Waals surface area contributed by atoms with Crippen LogP contribution in [0.5, 0.6) is 5.88 Å². The highest BCUT2D eigenvalue weighted by Gasteiger charge is 2.20. The smallest absolute Gasteiger partial charge is 0.272 e. The summed E-state index contributed by atoms with van der Waals surface area (Å²) >= 11 is 0.